The number of carbonyl (C=O) groups excluding carboxylic acids is 2. The molecule has 2 N–H and O–H groups in total. The zero-order valence-electron chi connectivity index (χ0n) is 16.9. The number of benzene rings is 1. The van der Waals surface area contributed by atoms with Crippen LogP contribution in [0.15, 0.2) is 48.8 Å². The highest BCUT2D eigenvalue weighted by Gasteiger charge is 2.55. The number of piperidine rings is 1. The molecule has 29 heavy (non-hydrogen) atoms. The molecule has 0 saturated carbocycles. The van der Waals surface area contributed by atoms with E-state index >= 15 is 0 Å². The third-order valence-corrected chi connectivity index (χ3v) is 6.34. The van der Waals surface area contributed by atoms with Crippen LogP contribution in [0.1, 0.15) is 29.5 Å². The lowest BCUT2D eigenvalue weighted by molar-refractivity contribution is -0.133. The van der Waals surface area contributed by atoms with Crippen LogP contribution in [0.2, 0.25) is 0 Å². The Morgan fingerprint density at radius 1 is 1.10 bits per heavy atom. The number of aromatic nitrogens is 1. The van der Waals surface area contributed by atoms with Gasteiger partial charge >= 0.3 is 6.03 Å². The van der Waals surface area contributed by atoms with E-state index in [1.165, 1.54) is 4.90 Å². The van der Waals surface area contributed by atoms with Crippen LogP contribution >= 0.6 is 0 Å². The van der Waals surface area contributed by atoms with Crippen molar-refractivity contribution in [2.24, 2.45) is 5.92 Å². The molecule has 0 spiro atoms. The molecule has 4 rings (SSSR count). The smallest absolute Gasteiger partial charge is 0.322 e. The maximum atomic E-state index is 13.7. The molecule has 2 aliphatic rings. The predicted molar refractivity (Wildman–Crippen MR) is 111 cm³/mol. The second kappa shape index (κ2) is 8.33. The molecule has 1 aromatic heterocycles. The lowest BCUT2D eigenvalue weighted by Gasteiger charge is -2.38. The maximum absolute atomic E-state index is 13.7. The molecule has 3 amide bonds. The fourth-order valence-electron chi connectivity index (χ4n) is 4.60. The average Bonchev–Trinajstić information content (AvgIpc) is 3.00. The predicted octanol–water partition coefficient (Wildman–Crippen LogP) is 2.47. The molecule has 2 fully saturated rings. The summed E-state index contributed by atoms with van der Waals surface area (Å²) in [6.45, 7) is 4.20. The Morgan fingerprint density at radius 3 is 2.55 bits per heavy atom. The number of urea groups is 1. The van der Waals surface area contributed by atoms with E-state index in [2.05, 4.69) is 34.7 Å². The minimum absolute atomic E-state index is 0.0771. The van der Waals surface area contributed by atoms with Gasteiger partial charge in [-0.15, -0.1) is 0 Å². The summed E-state index contributed by atoms with van der Waals surface area (Å²) in [5.41, 5.74) is 2.48. The highest BCUT2D eigenvalue weighted by atomic mass is 16.2. The highest BCUT2D eigenvalue weighted by Crippen LogP contribution is 2.35. The van der Waals surface area contributed by atoms with Gasteiger partial charge in [-0.25, -0.2) is 4.79 Å². The normalized spacial score (nSPS) is 22.7. The number of amides is 3. The van der Waals surface area contributed by atoms with Gasteiger partial charge in [0.2, 0.25) is 0 Å². The van der Waals surface area contributed by atoms with Crippen molar-refractivity contribution >= 4 is 11.9 Å². The van der Waals surface area contributed by atoms with Gasteiger partial charge < -0.3 is 10.6 Å². The van der Waals surface area contributed by atoms with Crippen LogP contribution < -0.4 is 10.6 Å². The molecule has 1 aromatic carbocycles. The highest BCUT2D eigenvalue weighted by molar-refractivity contribution is 6.07. The number of hydrogen-bond donors (Lipinski definition) is 2. The minimum atomic E-state index is -0.858. The van der Waals surface area contributed by atoms with Crippen molar-refractivity contribution in [2.45, 2.75) is 38.1 Å². The first kappa shape index (κ1) is 19.6. The fourth-order valence-corrected chi connectivity index (χ4v) is 4.60. The van der Waals surface area contributed by atoms with E-state index in [0.29, 0.717) is 19.4 Å². The number of rotatable bonds is 6. The fraction of sp³-hybridized carbons (Fsp3) is 0.435. The lowest BCUT2D eigenvalue weighted by atomic mass is 9.73. The van der Waals surface area contributed by atoms with Gasteiger partial charge in [0.05, 0.1) is 0 Å². The second-order valence-corrected chi connectivity index (χ2v) is 8.09. The molecule has 2 aromatic rings. The molecule has 2 aliphatic heterocycles. The van der Waals surface area contributed by atoms with E-state index in [-0.39, 0.29) is 17.9 Å². The standard InChI is InChI=1S/C23H28N4O2/c1-17-4-2-3-5-19(17)16-23(20-8-13-25-14-9-20)21(28)27(22(29)26-23)15-10-18-6-11-24-12-7-18/h2-7,11-12,20,25H,8-10,13-16H2,1H3,(H,26,29). The summed E-state index contributed by atoms with van der Waals surface area (Å²) < 4.78 is 0. The largest absolute Gasteiger partial charge is 0.325 e. The molecule has 0 bridgehead atoms. The number of nitrogens with one attached hydrogen (secondary N) is 2. The van der Waals surface area contributed by atoms with Gasteiger partial charge in [-0.05, 0) is 74.0 Å². The van der Waals surface area contributed by atoms with Crippen molar-refractivity contribution in [2.75, 3.05) is 19.6 Å². The van der Waals surface area contributed by atoms with E-state index in [1.807, 2.05) is 24.3 Å². The summed E-state index contributed by atoms with van der Waals surface area (Å²) in [5, 5.41) is 6.52. The molecular formula is C23H28N4O2. The lowest BCUT2D eigenvalue weighted by Crippen LogP contribution is -2.57. The Labute approximate surface area is 171 Å². The monoisotopic (exact) mass is 392 g/mol. The van der Waals surface area contributed by atoms with Gasteiger partial charge in [-0.1, -0.05) is 24.3 Å². The van der Waals surface area contributed by atoms with E-state index in [1.54, 1.807) is 12.4 Å². The molecule has 0 aliphatic carbocycles. The van der Waals surface area contributed by atoms with Gasteiger partial charge in [-0.2, -0.15) is 0 Å². The van der Waals surface area contributed by atoms with E-state index in [9.17, 15) is 9.59 Å². The van der Waals surface area contributed by atoms with Crippen LogP contribution in [-0.4, -0.2) is 47.0 Å². The SMILES string of the molecule is Cc1ccccc1CC1(C2CCNCC2)NC(=O)N(CCc2ccncc2)C1=O. The Kier molecular flexibility index (Phi) is 5.62. The maximum Gasteiger partial charge on any atom is 0.325 e. The molecule has 1 unspecified atom stereocenters. The molecule has 6 nitrogen and oxygen atoms in total. The van der Waals surface area contributed by atoms with Crippen LogP contribution in [0.5, 0.6) is 0 Å². The quantitative estimate of drug-likeness (QED) is 0.741. The van der Waals surface area contributed by atoms with Crippen molar-refractivity contribution in [3.63, 3.8) is 0 Å². The summed E-state index contributed by atoms with van der Waals surface area (Å²) >= 11 is 0. The van der Waals surface area contributed by atoms with Crippen LogP contribution in [0.3, 0.4) is 0 Å². The van der Waals surface area contributed by atoms with Gasteiger partial charge in [-0.3, -0.25) is 14.7 Å². The molecule has 2 saturated heterocycles. The van der Waals surface area contributed by atoms with Crippen molar-refractivity contribution in [3.05, 3.63) is 65.5 Å². The third-order valence-electron chi connectivity index (χ3n) is 6.34. The summed E-state index contributed by atoms with van der Waals surface area (Å²) in [4.78, 5) is 32.0. The van der Waals surface area contributed by atoms with Gasteiger partial charge in [0.25, 0.3) is 5.91 Å². The van der Waals surface area contributed by atoms with Gasteiger partial charge in [0.1, 0.15) is 5.54 Å². The number of hydrogen-bond acceptors (Lipinski definition) is 4. The summed E-state index contributed by atoms with van der Waals surface area (Å²) in [6.07, 6.45) is 6.42. The minimum Gasteiger partial charge on any atom is -0.322 e. The summed E-state index contributed by atoms with van der Waals surface area (Å²) in [5.74, 6) is 0.0532. The van der Waals surface area contributed by atoms with Crippen molar-refractivity contribution < 1.29 is 9.59 Å². The zero-order chi connectivity index (χ0) is 20.3. The van der Waals surface area contributed by atoms with Crippen molar-refractivity contribution in [3.8, 4) is 0 Å². The zero-order valence-corrected chi connectivity index (χ0v) is 16.9. The third kappa shape index (κ3) is 3.90. The number of aryl methyl sites for hydroxylation is 1. The number of nitrogens with zero attached hydrogens (tertiary/aromatic N) is 2. The second-order valence-electron chi connectivity index (χ2n) is 8.09. The molecular weight excluding hydrogens is 364 g/mol. The Bertz CT molecular complexity index is 879. The Morgan fingerprint density at radius 2 is 1.83 bits per heavy atom. The van der Waals surface area contributed by atoms with Gasteiger partial charge in [0.15, 0.2) is 0 Å². The van der Waals surface area contributed by atoms with E-state index in [0.717, 1.165) is 42.6 Å². The van der Waals surface area contributed by atoms with Crippen LogP contribution in [0.4, 0.5) is 4.79 Å². The number of imide groups is 1. The summed E-state index contributed by atoms with van der Waals surface area (Å²) in [6, 6.07) is 11.7. The Balaban J connectivity index is 1.61. The first-order valence-electron chi connectivity index (χ1n) is 10.4. The van der Waals surface area contributed by atoms with Crippen LogP contribution in [0, 0.1) is 12.8 Å². The first-order valence-corrected chi connectivity index (χ1v) is 10.4. The van der Waals surface area contributed by atoms with Crippen LogP contribution in [0.25, 0.3) is 0 Å². The van der Waals surface area contributed by atoms with E-state index < -0.39 is 5.54 Å². The van der Waals surface area contributed by atoms with Crippen molar-refractivity contribution in [1.82, 2.24) is 20.5 Å². The molecule has 152 valence electrons. The van der Waals surface area contributed by atoms with Gasteiger partial charge in [0, 0.05) is 25.4 Å². The molecule has 6 heteroatoms. The average molecular weight is 393 g/mol. The molecule has 0 radical (unpaired) electrons. The molecule has 1 atom stereocenters. The summed E-state index contributed by atoms with van der Waals surface area (Å²) in [7, 11) is 0. The first-order chi connectivity index (χ1) is 14.1. The molecule has 3 heterocycles. The van der Waals surface area contributed by atoms with Crippen molar-refractivity contribution in [1.29, 1.82) is 0 Å². The number of carbonyl (C=O) groups is 2. The number of pyridine rings is 1. The topological polar surface area (TPSA) is 74.3 Å². The van der Waals surface area contributed by atoms with Crippen LogP contribution in [-0.2, 0) is 17.6 Å². The Hall–Kier alpha value is -2.73. The van der Waals surface area contributed by atoms with E-state index in [4.69, 9.17) is 0 Å².